The normalized spacial score (nSPS) is 25.0. The van der Waals surface area contributed by atoms with E-state index in [0.717, 1.165) is 19.5 Å². The molecule has 0 aliphatic carbocycles. The summed E-state index contributed by atoms with van der Waals surface area (Å²) in [5.74, 6) is 0.261. The van der Waals surface area contributed by atoms with E-state index in [4.69, 9.17) is 10.5 Å². The third-order valence-corrected chi connectivity index (χ3v) is 3.41. The molecule has 0 saturated carbocycles. The van der Waals surface area contributed by atoms with Crippen LogP contribution in [0.1, 0.15) is 34.1 Å². The third-order valence-electron chi connectivity index (χ3n) is 3.41. The number of hydrogen-bond acceptors (Lipinski definition) is 3. The number of ether oxygens (including phenoxy) is 1. The molecule has 17 heavy (non-hydrogen) atoms. The largest absolute Gasteiger partial charge is 0.378 e. The molecule has 1 saturated heterocycles. The molecule has 1 amide bonds. The minimum Gasteiger partial charge on any atom is -0.378 e. The van der Waals surface area contributed by atoms with E-state index in [-0.39, 0.29) is 23.3 Å². The summed E-state index contributed by atoms with van der Waals surface area (Å²) in [7, 11) is 0. The van der Waals surface area contributed by atoms with Gasteiger partial charge in [-0.3, -0.25) is 4.79 Å². The van der Waals surface area contributed by atoms with Gasteiger partial charge in [0.1, 0.15) is 0 Å². The van der Waals surface area contributed by atoms with Crippen LogP contribution in [0.5, 0.6) is 0 Å². The van der Waals surface area contributed by atoms with Crippen LogP contribution in [0.2, 0.25) is 0 Å². The van der Waals surface area contributed by atoms with Gasteiger partial charge >= 0.3 is 0 Å². The number of amides is 1. The van der Waals surface area contributed by atoms with E-state index in [1.165, 1.54) is 0 Å². The van der Waals surface area contributed by atoms with Gasteiger partial charge in [-0.1, -0.05) is 13.8 Å². The molecule has 4 nitrogen and oxygen atoms in total. The van der Waals surface area contributed by atoms with Crippen LogP contribution in [0.3, 0.4) is 0 Å². The molecule has 4 heteroatoms. The van der Waals surface area contributed by atoms with Crippen molar-refractivity contribution in [3.8, 4) is 0 Å². The minimum absolute atomic E-state index is 0.0171. The monoisotopic (exact) mass is 242 g/mol. The fourth-order valence-corrected chi connectivity index (χ4v) is 2.17. The summed E-state index contributed by atoms with van der Waals surface area (Å²) < 4.78 is 5.47. The van der Waals surface area contributed by atoms with Gasteiger partial charge in [-0.2, -0.15) is 0 Å². The standard InChI is InChI=1S/C13H26N2O2/c1-5-15(9-13(3,4)8-14)12(16)11-6-10(2)17-7-11/h10-11H,5-9,14H2,1-4H3. The molecular formula is C13H26N2O2. The van der Waals surface area contributed by atoms with Crippen LogP contribution < -0.4 is 5.73 Å². The smallest absolute Gasteiger partial charge is 0.228 e. The second-order valence-electron chi connectivity index (χ2n) is 5.80. The summed E-state index contributed by atoms with van der Waals surface area (Å²) >= 11 is 0. The van der Waals surface area contributed by atoms with Gasteiger partial charge < -0.3 is 15.4 Å². The zero-order chi connectivity index (χ0) is 13.1. The van der Waals surface area contributed by atoms with Crippen LogP contribution >= 0.6 is 0 Å². The van der Waals surface area contributed by atoms with Crippen LogP contribution in [-0.4, -0.2) is 43.2 Å². The highest BCUT2D eigenvalue weighted by molar-refractivity contribution is 5.79. The lowest BCUT2D eigenvalue weighted by molar-refractivity contribution is -0.136. The summed E-state index contributed by atoms with van der Waals surface area (Å²) in [4.78, 5) is 14.2. The van der Waals surface area contributed by atoms with E-state index < -0.39 is 0 Å². The molecule has 2 atom stereocenters. The first-order valence-corrected chi connectivity index (χ1v) is 6.50. The fourth-order valence-electron chi connectivity index (χ4n) is 2.17. The maximum Gasteiger partial charge on any atom is 0.228 e. The van der Waals surface area contributed by atoms with E-state index in [1.54, 1.807) is 0 Å². The Morgan fingerprint density at radius 1 is 1.53 bits per heavy atom. The Hall–Kier alpha value is -0.610. The molecule has 0 aromatic carbocycles. The lowest BCUT2D eigenvalue weighted by Crippen LogP contribution is -2.44. The van der Waals surface area contributed by atoms with Crippen LogP contribution in [0, 0.1) is 11.3 Å². The molecular weight excluding hydrogens is 216 g/mol. The zero-order valence-electron chi connectivity index (χ0n) is 11.5. The average Bonchev–Trinajstić information content (AvgIpc) is 2.72. The predicted molar refractivity (Wildman–Crippen MR) is 68.6 cm³/mol. The first-order valence-electron chi connectivity index (χ1n) is 6.50. The van der Waals surface area contributed by atoms with Gasteiger partial charge in [-0.05, 0) is 32.2 Å². The Labute approximate surface area is 104 Å². The first kappa shape index (κ1) is 14.5. The molecule has 100 valence electrons. The number of carbonyl (C=O) groups excluding carboxylic acids is 1. The van der Waals surface area contributed by atoms with Gasteiger partial charge in [-0.25, -0.2) is 0 Å². The average molecular weight is 242 g/mol. The van der Waals surface area contributed by atoms with Gasteiger partial charge in [0.25, 0.3) is 0 Å². The molecule has 1 heterocycles. The van der Waals surface area contributed by atoms with Crippen molar-refractivity contribution in [1.29, 1.82) is 0 Å². The van der Waals surface area contributed by atoms with Crippen molar-refractivity contribution in [3.63, 3.8) is 0 Å². The Balaban J connectivity index is 2.58. The Bertz CT molecular complexity index is 266. The predicted octanol–water partition coefficient (Wildman–Crippen LogP) is 1.24. The highest BCUT2D eigenvalue weighted by Crippen LogP contribution is 2.23. The highest BCUT2D eigenvalue weighted by atomic mass is 16.5. The number of carbonyl (C=O) groups is 1. The van der Waals surface area contributed by atoms with E-state index in [1.807, 2.05) is 18.7 Å². The summed E-state index contributed by atoms with van der Waals surface area (Å²) in [6.45, 7) is 10.9. The second kappa shape index (κ2) is 5.83. The van der Waals surface area contributed by atoms with Crippen molar-refractivity contribution in [2.75, 3.05) is 26.2 Å². The number of nitrogens with zero attached hydrogens (tertiary/aromatic N) is 1. The molecule has 0 aromatic heterocycles. The maximum atomic E-state index is 12.3. The van der Waals surface area contributed by atoms with E-state index >= 15 is 0 Å². The van der Waals surface area contributed by atoms with Gasteiger partial charge in [0.05, 0.1) is 18.6 Å². The molecule has 2 N–H and O–H groups in total. The molecule has 0 radical (unpaired) electrons. The van der Waals surface area contributed by atoms with E-state index in [0.29, 0.717) is 13.2 Å². The molecule has 0 aromatic rings. The minimum atomic E-state index is -0.0171. The van der Waals surface area contributed by atoms with Crippen molar-refractivity contribution in [2.24, 2.45) is 17.1 Å². The number of hydrogen-bond donors (Lipinski definition) is 1. The van der Waals surface area contributed by atoms with Crippen LogP contribution in [-0.2, 0) is 9.53 Å². The quantitative estimate of drug-likeness (QED) is 0.789. The van der Waals surface area contributed by atoms with Crippen molar-refractivity contribution < 1.29 is 9.53 Å². The van der Waals surface area contributed by atoms with Crippen molar-refractivity contribution in [3.05, 3.63) is 0 Å². The molecule has 1 aliphatic rings. The first-order chi connectivity index (χ1) is 7.89. The number of rotatable bonds is 5. The Kier molecular flexibility index (Phi) is 4.95. The van der Waals surface area contributed by atoms with Crippen LogP contribution in [0.25, 0.3) is 0 Å². The Morgan fingerprint density at radius 3 is 2.59 bits per heavy atom. The van der Waals surface area contributed by atoms with E-state index in [9.17, 15) is 4.79 Å². The SMILES string of the molecule is CCN(CC(C)(C)CN)C(=O)C1COC(C)C1. The van der Waals surface area contributed by atoms with Gasteiger partial charge in [0, 0.05) is 13.1 Å². The van der Waals surface area contributed by atoms with E-state index in [2.05, 4.69) is 13.8 Å². The van der Waals surface area contributed by atoms with Gasteiger partial charge in [0.2, 0.25) is 5.91 Å². The lowest BCUT2D eigenvalue weighted by atomic mass is 9.92. The number of nitrogens with two attached hydrogens (primary N) is 1. The van der Waals surface area contributed by atoms with Gasteiger partial charge in [-0.15, -0.1) is 0 Å². The molecule has 1 aliphatic heterocycles. The molecule has 1 fully saturated rings. The Morgan fingerprint density at radius 2 is 2.18 bits per heavy atom. The van der Waals surface area contributed by atoms with Crippen LogP contribution in [0.15, 0.2) is 0 Å². The van der Waals surface area contributed by atoms with Crippen molar-refractivity contribution in [1.82, 2.24) is 4.90 Å². The molecule has 1 rings (SSSR count). The topological polar surface area (TPSA) is 55.6 Å². The zero-order valence-corrected chi connectivity index (χ0v) is 11.5. The third kappa shape index (κ3) is 3.96. The van der Waals surface area contributed by atoms with Crippen molar-refractivity contribution >= 4 is 5.91 Å². The summed E-state index contributed by atoms with van der Waals surface area (Å²) in [5, 5.41) is 0. The van der Waals surface area contributed by atoms with Crippen molar-refractivity contribution in [2.45, 2.75) is 40.2 Å². The summed E-state index contributed by atoms with van der Waals surface area (Å²) in [6, 6.07) is 0. The molecule has 2 unspecified atom stereocenters. The lowest BCUT2D eigenvalue weighted by Gasteiger charge is -2.32. The molecule has 0 bridgehead atoms. The fraction of sp³-hybridized carbons (Fsp3) is 0.923. The maximum absolute atomic E-state index is 12.3. The highest BCUT2D eigenvalue weighted by Gasteiger charge is 2.32. The van der Waals surface area contributed by atoms with Gasteiger partial charge in [0.15, 0.2) is 0 Å². The van der Waals surface area contributed by atoms with Crippen LogP contribution in [0.4, 0.5) is 0 Å². The summed E-state index contributed by atoms with van der Waals surface area (Å²) in [5.41, 5.74) is 5.71. The molecule has 0 spiro atoms. The summed E-state index contributed by atoms with van der Waals surface area (Å²) in [6.07, 6.45) is 1.06. The second-order valence-corrected chi connectivity index (χ2v) is 5.80.